The Balaban J connectivity index is 3.32. The monoisotopic (exact) mass is 503 g/mol. The average molecular weight is 504 g/mol. The van der Waals surface area contributed by atoms with E-state index in [0.717, 1.165) is 13.8 Å². The lowest BCUT2D eigenvalue weighted by atomic mass is 9.87. The molecule has 0 aliphatic carbocycles. The van der Waals surface area contributed by atoms with Gasteiger partial charge >= 0.3 is 11.9 Å². The summed E-state index contributed by atoms with van der Waals surface area (Å²) in [6.07, 6.45) is -5.49. The number of aliphatic hydroxyl groups is 2. The van der Waals surface area contributed by atoms with E-state index in [4.69, 9.17) is 20.9 Å². The van der Waals surface area contributed by atoms with Crippen molar-refractivity contribution in [1.82, 2.24) is 10.6 Å². The SMILES string of the molecule is CC(=O)NC(CCC(N)=O)C(=O)O[C@@H](C)[C@H](NC(C)=O)[C@@H]1O[C@](O)(C(=O)O)C[C@H](O)[C@@H]1N=C(C)N. The highest BCUT2D eigenvalue weighted by Gasteiger charge is 2.54. The van der Waals surface area contributed by atoms with Crippen LogP contribution in [0.15, 0.2) is 4.99 Å². The molecule has 9 N–H and O–H groups in total. The Labute approximate surface area is 201 Å². The van der Waals surface area contributed by atoms with Crippen molar-refractivity contribution in [3.05, 3.63) is 0 Å². The van der Waals surface area contributed by atoms with Crippen molar-refractivity contribution in [2.24, 2.45) is 16.5 Å². The van der Waals surface area contributed by atoms with E-state index in [-0.39, 0.29) is 18.7 Å². The molecule has 35 heavy (non-hydrogen) atoms. The molecule has 0 radical (unpaired) electrons. The molecule has 0 aromatic rings. The molecule has 1 unspecified atom stereocenters. The van der Waals surface area contributed by atoms with Gasteiger partial charge in [-0.15, -0.1) is 0 Å². The van der Waals surface area contributed by atoms with Crippen LogP contribution in [0.5, 0.6) is 0 Å². The third kappa shape index (κ3) is 8.77. The number of aliphatic imine (C=N–C) groups is 1. The average Bonchev–Trinajstić information content (AvgIpc) is 2.70. The van der Waals surface area contributed by atoms with Crippen molar-refractivity contribution in [1.29, 1.82) is 0 Å². The lowest BCUT2D eigenvalue weighted by Gasteiger charge is -2.44. The second kappa shape index (κ2) is 12.4. The maximum atomic E-state index is 12.8. The summed E-state index contributed by atoms with van der Waals surface area (Å²) in [6, 6.07) is -3.84. The molecule has 3 amide bonds. The van der Waals surface area contributed by atoms with Crippen molar-refractivity contribution in [2.75, 3.05) is 0 Å². The largest absolute Gasteiger partial charge is 0.477 e. The van der Waals surface area contributed by atoms with Crippen molar-refractivity contribution in [3.63, 3.8) is 0 Å². The van der Waals surface area contributed by atoms with Gasteiger partial charge in [-0.2, -0.15) is 0 Å². The van der Waals surface area contributed by atoms with E-state index >= 15 is 0 Å². The topological polar surface area (TPSA) is 253 Å². The number of carbonyl (C=O) groups excluding carboxylic acids is 4. The summed E-state index contributed by atoms with van der Waals surface area (Å²) in [5.74, 6) is -7.56. The molecule has 0 spiro atoms. The van der Waals surface area contributed by atoms with Gasteiger partial charge in [0, 0.05) is 26.7 Å². The normalized spacial score (nSPS) is 27.1. The molecular weight excluding hydrogens is 470 g/mol. The number of carboxylic acid groups (broad SMARTS) is 1. The van der Waals surface area contributed by atoms with Crippen LogP contribution in [0.3, 0.4) is 0 Å². The molecule has 15 heteroatoms. The second-order valence-corrected chi connectivity index (χ2v) is 8.33. The van der Waals surface area contributed by atoms with Gasteiger partial charge in [-0.25, -0.2) is 9.59 Å². The zero-order valence-corrected chi connectivity index (χ0v) is 19.9. The highest BCUT2D eigenvalue weighted by molar-refractivity contribution is 5.84. The predicted molar refractivity (Wildman–Crippen MR) is 118 cm³/mol. The first kappa shape index (κ1) is 29.7. The number of nitrogens with zero attached hydrogens (tertiary/aromatic N) is 1. The zero-order chi connectivity index (χ0) is 27.1. The van der Waals surface area contributed by atoms with E-state index < -0.39 is 78.3 Å². The number of primary amides is 1. The number of aliphatic hydroxyl groups excluding tert-OH is 1. The maximum Gasteiger partial charge on any atom is 0.364 e. The summed E-state index contributed by atoms with van der Waals surface area (Å²) < 4.78 is 10.8. The van der Waals surface area contributed by atoms with Gasteiger partial charge in [0.2, 0.25) is 17.7 Å². The summed E-state index contributed by atoms with van der Waals surface area (Å²) in [5, 5.41) is 35.2. The highest BCUT2D eigenvalue weighted by Crippen LogP contribution is 2.32. The number of aliphatic carboxylic acids is 1. The standard InChI is InChI=1S/C20H33N5O10/c1-8(34-18(30)12(24-10(3)26)5-6-14(22)29)15(25-11(4)27)17-16(23-9(2)21)13(28)7-20(33,35-17)19(31)32/h8,12-13,15-17,28,33H,5-7H2,1-4H3,(H2,21,23)(H2,22,29)(H,24,26)(H,25,27)(H,31,32)/t8-,12?,13-,15-,16-,17-,20-/m0/s1. The quantitative estimate of drug-likeness (QED) is 0.0842. The number of carboxylic acids is 1. The van der Waals surface area contributed by atoms with Crippen LogP contribution in [0.2, 0.25) is 0 Å². The Kier molecular flexibility index (Phi) is 10.5. The van der Waals surface area contributed by atoms with Crippen molar-refractivity contribution in [3.8, 4) is 0 Å². The van der Waals surface area contributed by atoms with Crippen LogP contribution in [-0.4, -0.2) is 93.0 Å². The Morgan fingerprint density at radius 2 is 1.71 bits per heavy atom. The fraction of sp³-hybridized carbons (Fsp3) is 0.700. The van der Waals surface area contributed by atoms with Crippen LogP contribution >= 0.6 is 0 Å². The molecule has 1 aliphatic heterocycles. The minimum Gasteiger partial charge on any atom is -0.477 e. The van der Waals surface area contributed by atoms with Gasteiger partial charge < -0.3 is 46.9 Å². The third-order valence-corrected chi connectivity index (χ3v) is 5.11. The molecule has 0 saturated carbocycles. The number of ether oxygens (including phenoxy) is 2. The van der Waals surface area contributed by atoms with E-state index in [1.165, 1.54) is 13.8 Å². The highest BCUT2D eigenvalue weighted by atomic mass is 16.7. The van der Waals surface area contributed by atoms with Crippen LogP contribution in [0.4, 0.5) is 0 Å². The molecule has 1 aliphatic rings. The third-order valence-electron chi connectivity index (χ3n) is 5.11. The second-order valence-electron chi connectivity index (χ2n) is 8.33. The van der Waals surface area contributed by atoms with Gasteiger partial charge in [-0.05, 0) is 20.3 Å². The minimum atomic E-state index is -2.83. The van der Waals surface area contributed by atoms with Crippen LogP contribution in [0.1, 0.15) is 47.0 Å². The van der Waals surface area contributed by atoms with Gasteiger partial charge in [0.25, 0.3) is 5.79 Å². The Bertz CT molecular complexity index is 861. The lowest BCUT2D eigenvalue weighted by Crippen LogP contribution is -2.66. The first-order chi connectivity index (χ1) is 16.1. The van der Waals surface area contributed by atoms with Crippen molar-refractivity contribution < 1.29 is 48.8 Å². The van der Waals surface area contributed by atoms with Crippen LogP contribution in [0, 0.1) is 0 Å². The van der Waals surface area contributed by atoms with Crippen molar-refractivity contribution in [2.45, 2.75) is 89.2 Å². The number of nitrogens with one attached hydrogen (secondary N) is 2. The molecular formula is C20H33N5O10. The summed E-state index contributed by atoms with van der Waals surface area (Å²) in [5.41, 5.74) is 10.7. The molecule has 0 aromatic carbocycles. The Morgan fingerprint density at radius 1 is 1.14 bits per heavy atom. The predicted octanol–water partition coefficient (Wildman–Crippen LogP) is -3.14. The van der Waals surface area contributed by atoms with Gasteiger partial charge in [0.1, 0.15) is 24.3 Å². The van der Waals surface area contributed by atoms with Gasteiger partial charge in [-0.3, -0.25) is 19.4 Å². The number of amidine groups is 1. The first-order valence-electron chi connectivity index (χ1n) is 10.7. The van der Waals surface area contributed by atoms with E-state index in [0.29, 0.717) is 0 Å². The number of nitrogens with two attached hydrogens (primary N) is 2. The molecule has 198 valence electrons. The molecule has 0 bridgehead atoms. The smallest absolute Gasteiger partial charge is 0.364 e. The molecule has 0 aromatic heterocycles. The number of hydrogen-bond donors (Lipinski definition) is 7. The van der Waals surface area contributed by atoms with Gasteiger partial charge in [0.05, 0.1) is 18.0 Å². The fourth-order valence-electron chi connectivity index (χ4n) is 3.61. The summed E-state index contributed by atoms with van der Waals surface area (Å²) in [7, 11) is 0. The number of amides is 3. The van der Waals surface area contributed by atoms with E-state index in [2.05, 4.69) is 15.6 Å². The lowest BCUT2D eigenvalue weighted by molar-refractivity contribution is -0.281. The summed E-state index contributed by atoms with van der Waals surface area (Å²) >= 11 is 0. The molecule has 7 atom stereocenters. The molecule has 1 rings (SSSR count). The molecule has 1 fully saturated rings. The van der Waals surface area contributed by atoms with Gasteiger partial charge in [0.15, 0.2) is 0 Å². The Hall–Kier alpha value is -3.30. The van der Waals surface area contributed by atoms with Crippen LogP contribution in [-0.2, 0) is 33.4 Å². The molecule has 1 saturated heterocycles. The van der Waals surface area contributed by atoms with E-state index in [9.17, 15) is 39.3 Å². The first-order valence-corrected chi connectivity index (χ1v) is 10.7. The number of esters is 1. The van der Waals surface area contributed by atoms with Crippen LogP contribution in [0.25, 0.3) is 0 Å². The van der Waals surface area contributed by atoms with Crippen molar-refractivity contribution >= 4 is 35.5 Å². The molecule has 15 nitrogen and oxygen atoms in total. The minimum absolute atomic E-state index is 0.00758. The fourth-order valence-corrected chi connectivity index (χ4v) is 3.61. The van der Waals surface area contributed by atoms with Gasteiger partial charge in [-0.1, -0.05) is 0 Å². The summed E-state index contributed by atoms with van der Waals surface area (Å²) in [4.78, 5) is 62.9. The molecule has 1 heterocycles. The van der Waals surface area contributed by atoms with E-state index in [1.54, 1.807) is 0 Å². The zero-order valence-electron chi connectivity index (χ0n) is 19.9. The number of hydrogen-bond acceptors (Lipinski definition) is 10. The number of carbonyl (C=O) groups is 5. The Morgan fingerprint density at radius 3 is 2.17 bits per heavy atom. The number of rotatable bonds is 11. The van der Waals surface area contributed by atoms with Crippen LogP contribution < -0.4 is 22.1 Å². The summed E-state index contributed by atoms with van der Waals surface area (Å²) in [6.45, 7) is 5.01. The maximum absolute atomic E-state index is 12.8. The van der Waals surface area contributed by atoms with E-state index in [1.807, 2.05) is 0 Å².